The molecule has 0 saturated carbocycles. The van der Waals surface area contributed by atoms with Gasteiger partial charge in [-0.3, -0.25) is 4.79 Å². The molecular weight excluding hydrogens is 232 g/mol. The monoisotopic (exact) mass is 250 g/mol. The number of amides is 1. The van der Waals surface area contributed by atoms with Crippen molar-refractivity contribution in [2.45, 2.75) is 18.6 Å². The van der Waals surface area contributed by atoms with Crippen LogP contribution < -0.4 is 10.6 Å². The average molecular weight is 250 g/mol. The zero-order valence-corrected chi connectivity index (χ0v) is 10.8. The van der Waals surface area contributed by atoms with Gasteiger partial charge in [0.05, 0.1) is 5.75 Å². The van der Waals surface area contributed by atoms with Crippen LogP contribution in [0.4, 0.5) is 5.69 Å². The highest BCUT2D eigenvalue weighted by Crippen LogP contribution is 2.18. The third-order valence-electron chi connectivity index (χ3n) is 2.88. The highest BCUT2D eigenvalue weighted by Gasteiger charge is 2.16. The lowest BCUT2D eigenvalue weighted by molar-refractivity contribution is -0.113. The fourth-order valence-corrected chi connectivity index (χ4v) is 2.84. The van der Waals surface area contributed by atoms with Gasteiger partial charge in [-0.15, -0.1) is 11.8 Å². The third kappa shape index (κ3) is 3.75. The Hall–Kier alpha value is -1.000. The van der Waals surface area contributed by atoms with Gasteiger partial charge in [0.25, 0.3) is 0 Å². The van der Waals surface area contributed by atoms with Gasteiger partial charge in [0.2, 0.25) is 5.91 Å². The van der Waals surface area contributed by atoms with Crippen LogP contribution in [0.25, 0.3) is 0 Å². The van der Waals surface area contributed by atoms with Crippen LogP contribution in [-0.2, 0) is 4.79 Å². The summed E-state index contributed by atoms with van der Waals surface area (Å²) >= 11 is 1.74. The number of carbonyl (C=O) groups is 1. The largest absolute Gasteiger partial charge is 0.325 e. The molecular formula is C13H18N2OS. The maximum Gasteiger partial charge on any atom is 0.234 e. The van der Waals surface area contributed by atoms with E-state index in [1.54, 1.807) is 11.8 Å². The number of anilines is 1. The molecule has 0 aliphatic carbocycles. The van der Waals surface area contributed by atoms with E-state index in [0.717, 1.165) is 24.3 Å². The molecule has 17 heavy (non-hydrogen) atoms. The second kappa shape index (κ2) is 6.07. The smallest absolute Gasteiger partial charge is 0.234 e. The summed E-state index contributed by atoms with van der Waals surface area (Å²) in [6, 6.07) is 7.86. The van der Waals surface area contributed by atoms with Crippen molar-refractivity contribution in [3.8, 4) is 0 Å². The first-order valence-corrected chi connectivity index (χ1v) is 6.98. The van der Waals surface area contributed by atoms with Crippen molar-refractivity contribution in [1.29, 1.82) is 0 Å². The van der Waals surface area contributed by atoms with Crippen LogP contribution in [0.2, 0.25) is 0 Å². The molecule has 0 spiro atoms. The fourth-order valence-electron chi connectivity index (χ4n) is 1.86. The van der Waals surface area contributed by atoms with E-state index in [1.807, 2.05) is 31.2 Å². The number of nitrogens with one attached hydrogen (secondary N) is 2. The summed E-state index contributed by atoms with van der Waals surface area (Å²) in [5.74, 6) is 0.636. The predicted molar refractivity (Wildman–Crippen MR) is 73.5 cm³/mol. The van der Waals surface area contributed by atoms with E-state index in [1.165, 1.54) is 6.42 Å². The summed E-state index contributed by atoms with van der Waals surface area (Å²) in [5, 5.41) is 6.85. The first-order chi connectivity index (χ1) is 8.25. The molecule has 92 valence electrons. The van der Waals surface area contributed by atoms with Crippen molar-refractivity contribution in [1.82, 2.24) is 5.32 Å². The second-order valence-electron chi connectivity index (χ2n) is 4.29. The number of benzene rings is 1. The topological polar surface area (TPSA) is 41.1 Å². The van der Waals surface area contributed by atoms with Crippen LogP contribution in [0, 0.1) is 6.92 Å². The minimum absolute atomic E-state index is 0.0937. The molecule has 2 rings (SSSR count). The van der Waals surface area contributed by atoms with Crippen LogP contribution in [-0.4, -0.2) is 30.0 Å². The Labute approximate surface area is 106 Å². The third-order valence-corrected chi connectivity index (χ3v) is 4.19. The Morgan fingerprint density at radius 1 is 1.53 bits per heavy atom. The van der Waals surface area contributed by atoms with E-state index in [0.29, 0.717) is 11.0 Å². The molecule has 1 saturated heterocycles. The summed E-state index contributed by atoms with van der Waals surface area (Å²) < 4.78 is 0. The van der Waals surface area contributed by atoms with Gasteiger partial charge in [-0.25, -0.2) is 0 Å². The number of para-hydroxylation sites is 1. The van der Waals surface area contributed by atoms with Gasteiger partial charge in [0, 0.05) is 17.5 Å². The zero-order chi connectivity index (χ0) is 12.1. The maximum atomic E-state index is 11.8. The van der Waals surface area contributed by atoms with Crippen molar-refractivity contribution in [2.24, 2.45) is 0 Å². The molecule has 1 aromatic rings. The van der Waals surface area contributed by atoms with Crippen LogP contribution in [0.5, 0.6) is 0 Å². The minimum Gasteiger partial charge on any atom is -0.325 e. The Morgan fingerprint density at radius 3 is 3.06 bits per heavy atom. The maximum absolute atomic E-state index is 11.8. The van der Waals surface area contributed by atoms with Gasteiger partial charge in [0.1, 0.15) is 0 Å². The predicted octanol–water partition coefficient (Wildman–Crippen LogP) is 2.03. The van der Waals surface area contributed by atoms with E-state index in [9.17, 15) is 4.79 Å². The normalized spacial score (nSPS) is 19.2. The van der Waals surface area contributed by atoms with E-state index in [-0.39, 0.29) is 5.91 Å². The highest BCUT2D eigenvalue weighted by molar-refractivity contribution is 8.00. The molecule has 1 aliphatic rings. The van der Waals surface area contributed by atoms with Gasteiger partial charge in [-0.2, -0.15) is 0 Å². The summed E-state index contributed by atoms with van der Waals surface area (Å²) in [6.45, 7) is 4.11. The van der Waals surface area contributed by atoms with Gasteiger partial charge in [0.15, 0.2) is 0 Å². The zero-order valence-electron chi connectivity index (χ0n) is 10.0. The second-order valence-corrected chi connectivity index (χ2v) is 5.58. The fraction of sp³-hybridized carbons (Fsp3) is 0.462. The molecule has 0 bridgehead atoms. The lowest BCUT2D eigenvalue weighted by Gasteiger charge is -2.10. The molecule has 0 aromatic heterocycles. The Kier molecular flexibility index (Phi) is 4.45. The average Bonchev–Trinajstić information content (AvgIpc) is 2.82. The van der Waals surface area contributed by atoms with Crippen molar-refractivity contribution in [2.75, 3.05) is 24.2 Å². The molecule has 1 unspecified atom stereocenters. The Bertz CT molecular complexity index is 389. The lowest BCUT2D eigenvalue weighted by Crippen LogP contribution is -2.18. The lowest BCUT2D eigenvalue weighted by atomic mass is 10.2. The molecule has 1 heterocycles. The number of rotatable bonds is 4. The van der Waals surface area contributed by atoms with Crippen molar-refractivity contribution in [3.05, 3.63) is 29.8 Å². The highest BCUT2D eigenvalue weighted by atomic mass is 32.2. The van der Waals surface area contributed by atoms with Gasteiger partial charge in [-0.1, -0.05) is 18.2 Å². The molecule has 2 N–H and O–H groups in total. The van der Waals surface area contributed by atoms with Crippen LogP contribution >= 0.6 is 11.8 Å². The Balaban J connectivity index is 1.79. The van der Waals surface area contributed by atoms with Gasteiger partial charge < -0.3 is 10.6 Å². The summed E-state index contributed by atoms with van der Waals surface area (Å²) in [7, 11) is 0. The van der Waals surface area contributed by atoms with Gasteiger partial charge in [-0.05, 0) is 31.5 Å². The van der Waals surface area contributed by atoms with Crippen molar-refractivity contribution < 1.29 is 4.79 Å². The molecule has 4 heteroatoms. The molecule has 1 aromatic carbocycles. The number of hydrogen-bond donors (Lipinski definition) is 2. The van der Waals surface area contributed by atoms with E-state index in [2.05, 4.69) is 10.6 Å². The van der Waals surface area contributed by atoms with Crippen LogP contribution in [0.15, 0.2) is 24.3 Å². The number of carbonyl (C=O) groups excluding carboxylic acids is 1. The first kappa shape index (κ1) is 12.5. The van der Waals surface area contributed by atoms with E-state index in [4.69, 9.17) is 0 Å². The van der Waals surface area contributed by atoms with Gasteiger partial charge >= 0.3 is 0 Å². The molecule has 1 aliphatic heterocycles. The molecule has 3 nitrogen and oxygen atoms in total. The van der Waals surface area contributed by atoms with Crippen LogP contribution in [0.3, 0.4) is 0 Å². The van der Waals surface area contributed by atoms with Crippen molar-refractivity contribution >= 4 is 23.4 Å². The Morgan fingerprint density at radius 2 is 2.35 bits per heavy atom. The molecule has 1 fully saturated rings. The quantitative estimate of drug-likeness (QED) is 0.859. The van der Waals surface area contributed by atoms with Crippen molar-refractivity contribution in [3.63, 3.8) is 0 Å². The minimum atomic E-state index is 0.0937. The first-order valence-electron chi connectivity index (χ1n) is 5.93. The molecule has 1 amide bonds. The van der Waals surface area contributed by atoms with E-state index >= 15 is 0 Å². The number of thioether (sulfide) groups is 1. The summed E-state index contributed by atoms with van der Waals surface area (Å²) in [4.78, 5) is 11.8. The summed E-state index contributed by atoms with van der Waals surface area (Å²) in [6.07, 6.45) is 1.17. The molecule has 1 atom stereocenters. The van der Waals surface area contributed by atoms with E-state index < -0.39 is 0 Å². The van der Waals surface area contributed by atoms with Crippen LogP contribution in [0.1, 0.15) is 12.0 Å². The number of hydrogen-bond acceptors (Lipinski definition) is 3. The number of aryl methyl sites for hydroxylation is 1. The summed E-state index contributed by atoms with van der Waals surface area (Å²) in [5.41, 5.74) is 2.02. The SMILES string of the molecule is Cc1ccccc1NC(=O)CSC1CCNC1. The standard InChI is InChI=1S/C13H18N2OS/c1-10-4-2-3-5-12(10)15-13(16)9-17-11-6-7-14-8-11/h2-5,11,14H,6-9H2,1H3,(H,15,16). The molecule has 0 radical (unpaired) electrons.